The fourth-order valence-corrected chi connectivity index (χ4v) is 3.09. The molecule has 1 atom stereocenters. The summed E-state index contributed by atoms with van der Waals surface area (Å²) in [6.07, 6.45) is 0.196. The Hall–Kier alpha value is -3.67. The van der Waals surface area contributed by atoms with Crippen molar-refractivity contribution in [3.63, 3.8) is 0 Å². The van der Waals surface area contributed by atoms with Crippen molar-refractivity contribution in [1.82, 2.24) is 5.32 Å². The maximum absolute atomic E-state index is 12.6. The first-order valence-electron chi connectivity index (χ1n) is 9.43. The van der Waals surface area contributed by atoms with E-state index in [4.69, 9.17) is 0 Å². The highest BCUT2D eigenvalue weighted by Gasteiger charge is 2.17. The number of benzene rings is 3. The Balaban J connectivity index is 1.66. The summed E-state index contributed by atoms with van der Waals surface area (Å²) in [5, 5.41) is 17.2. The number of hydrogen-bond donors (Lipinski definition) is 2. The molecule has 29 heavy (non-hydrogen) atoms. The summed E-state index contributed by atoms with van der Waals surface area (Å²) in [5.74, 6) is -0.134. The quantitative estimate of drug-likeness (QED) is 0.435. The Labute approximate surface area is 169 Å². The van der Waals surface area contributed by atoms with E-state index in [0.29, 0.717) is 12.2 Å². The monoisotopic (exact) mass is 389 g/mol. The number of nitro benzene ring substituents is 1. The second kappa shape index (κ2) is 9.50. The summed E-state index contributed by atoms with van der Waals surface area (Å²) in [4.78, 5) is 23.2. The van der Waals surface area contributed by atoms with Crippen molar-refractivity contribution >= 4 is 17.3 Å². The number of nitrogens with one attached hydrogen (secondary N) is 2. The molecule has 6 heteroatoms. The lowest BCUT2D eigenvalue weighted by atomic mass is 9.97. The number of hydrogen-bond acceptors (Lipinski definition) is 4. The van der Waals surface area contributed by atoms with Gasteiger partial charge in [-0.05, 0) is 24.1 Å². The number of para-hydroxylation sites is 2. The molecule has 3 aromatic carbocycles. The van der Waals surface area contributed by atoms with E-state index in [2.05, 4.69) is 10.6 Å². The molecule has 2 N–H and O–H groups in total. The smallest absolute Gasteiger partial charge is 0.292 e. The van der Waals surface area contributed by atoms with Crippen LogP contribution in [0.15, 0.2) is 78.9 Å². The molecule has 0 fully saturated rings. The molecule has 3 aromatic rings. The molecule has 0 heterocycles. The highest BCUT2D eigenvalue weighted by atomic mass is 16.6. The van der Waals surface area contributed by atoms with Gasteiger partial charge in [-0.15, -0.1) is 0 Å². The van der Waals surface area contributed by atoms with Crippen LogP contribution in [-0.2, 0) is 4.79 Å². The van der Waals surface area contributed by atoms with Gasteiger partial charge in [0.25, 0.3) is 5.69 Å². The van der Waals surface area contributed by atoms with Gasteiger partial charge in [-0.3, -0.25) is 14.9 Å². The molecule has 0 aromatic heterocycles. The van der Waals surface area contributed by atoms with Gasteiger partial charge in [0.15, 0.2) is 0 Å². The molecule has 0 bridgehead atoms. The number of nitro groups is 1. The van der Waals surface area contributed by atoms with Crippen molar-refractivity contribution in [1.29, 1.82) is 0 Å². The third-order valence-corrected chi connectivity index (χ3v) is 4.62. The molecule has 3 rings (SSSR count). The fraction of sp³-hybridized carbons (Fsp3) is 0.174. The minimum absolute atomic E-state index is 0.00488. The predicted octanol–water partition coefficient (Wildman–Crippen LogP) is 4.61. The Morgan fingerprint density at radius 2 is 1.55 bits per heavy atom. The van der Waals surface area contributed by atoms with E-state index in [1.165, 1.54) is 6.07 Å². The Kier molecular flexibility index (Phi) is 6.58. The first kappa shape index (κ1) is 20.1. The third kappa shape index (κ3) is 5.42. The van der Waals surface area contributed by atoms with Crippen LogP contribution in [0.5, 0.6) is 0 Å². The maximum atomic E-state index is 12.6. The lowest BCUT2D eigenvalue weighted by Crippen LogP contribution is -2.30. The van der Waals surface area contributed by atoms with Crippen molar-refractivity contribution in [2.75, 3.05) is 11.9 Å². The van der Waals surface area contributed by atoms with Crippen LogP contribution < -0.4 is 10.6 Å². The Morgan fingerprint density at radius 1 is 0.931 bits per heavy atom. The first-order chi connectivity index (χ1) is 14.0. The number of carbonyl (C=O) groups is 1. The second-order valence-corrected chi connectivity index (χ2v) is 6.77. The van der Waals surface area contributed by atoms with Crippen molar-refractivity contribution < 1.29 is 9.72 Å². The molecule has 0 radical (unpaired) electrons. The average molecular weight is 389 g/mol. The van der Waals surface area contributed by atoms with Crippen molar-refractivity contribution in [2.24, 2.45) is 0 Å². The standard InChI is InChI=1S/C23H23N3O3/c1-17-11-13-19(14-12-17)23(18-7-3-2-4-8-18)25-22(27)15-16-24-20-9-5-6-10-21(20)26(28)29/h2-14,23-24H,15-16H2,1H3,(H,25,27). The first-order valence-corrected chi connectivity index (χ1v) is 9.43. The largest absolute Gasteiger partial charge is 0.379 e. The number of nitrogens with zero attached hydrogens (tertiary/aromatic N) is 1. The van der Waals surface area contributed by atoms with Crippen LogP contribution in [-0.4, -0.2) is 17.4 Å². The van der Waals surface area contributed by atoms with Gasteiger partial charge in [-0.25, -0.2) is 0 Å². The molecule has 1 unspecified atom stereocenters. The number of carbonyl (C=O) groups excluding carboxylic acids is 1. The molecular formula is C23H23N3O3. The minimum Gasteiger partial charge on any atom is -0.379 e. The number of aryl methyl sites for hydroxylation is 1. The molecule has 1 amide bonds. The SMILES string of the molecule is Cc1ccc(C(NC(=O)CCNc2ccccc2[N+](=O)[O-])c2ccccc2)cc1. The van der Waals surface area contributed by atoms with E-state index in [1.54, 1.807) is 18.2 Å². The maximum Gasteiger partial charge on any atom is 0.292 e. The zero-order valence-corrected chi connectivity index (χ0v) is 16.2. The van der Waals surface area contributed by atoms with Gasteiger partial charge in [0.1, 0.15) is 5.69 Å². The lowest BCUT2D eigenvalue weighted by molar-refractivity contribution is -0.384. The summed E-state index contributed by atoms with van der Waals surface area (Å²) < 4.78 is 0. The summed E-state index contributed by atoms with van der Waals surface area (Å²) in [6.45, 7) is 2.32. The van der Waals surface area contributed by atoms with Crippen LogP contribution >= 0.6 is 0 Å². The number of rotatable bonds is 8. The van der Waals surface area contributed by atoms with Gasteiger partial charge in [0.2, 0.25) is 5.91 Å². The fourth-order valence-electron chi connectivity index (χ4n) is 3.09. The van der Waals surface area contributed by atoms with Crippen LogP contribution in [0.3, 0.4) is 0 Å². The average Bonchev–Trinajstić information content (AvgIpc) is 2.73. The van der Waals surface area contributed by atoms with Crippen molar-refractivity contribution in [2.45, 2.75) is 19.4 Å². The molecular weight excluding hydrogens is 366 g/mol. The van der Waals surface area contributed by atoms with Crippen LogP contribution in [0.4, 0.5) is 11.4 Å². The zero-order valence-electron chi connectivity index (χ0n) is 16.2. The van der Waals surface area contributed by atoms with E-state index in [0.717, 1.165) is 16.7 Å². The summed E-state index contributed by atoms with van der Waals surface area (Å²) in [5.41, 5.74) is 3.55. The van der Waals surface area contributed by atoms with E-state index in [9.17, 15) is 14.9 Å². The van der Waals surface area contributed by atoms with Gasteiger partial charge >= 0.3 is 0 Å². The van der Waals surface area contributed by atoms with Gasteiger partial charge < -0.3 is 10.6 Å². The molecule has 0 aliphatic heterocycles. The highest BCUT2D eigenvalue weighted by Crippen LogP contribution is 2.24. The Bertz CT molecular complexity index is 972. The van der Waals surface area contributed by atoms with Crippen LogP contribution in [0, 0.1) is 17.0 Å². The molecule has 0 spiro atoms. The second-order valence-electron chi connectivity index (χ2n) is 6.77. The third-order valence-electron chi connectivity index (χ3n) is 4.62. The topological polar surface area (TPSA) is 84.3 Å². The minimum atomic E-state index is -0.439. The lowest BCUT2D eigenvalue weighted by Gasteiger charge is -2.20. The zero-order chi connectivity index (χ0) is 20.6. The highest BCUT2D eigenvalue weighted by molar-refractivity contribution is 5.77. The summed E-state index contributed by atoms with van der Waals surface area (Å²) >= 11 is 0. The summed E-state index contributed by atoms with van der Waals surface area (Å²) in [6, 6.07) is 24.0. The van der Waals surface area contributed by atoms with E-state index < -0.39 is 4.92 Å². The Morgan fingerprint density at radius 3 is 2.24 bits per heavy atom. The predicted molar refractivity (Wildman–Crippen MR) is 114 cm³/mol. The van der Waals surface area contributed by atoms with Gasteiger partial charge in [-0.1, -0.05) is 72.3 Å². The molecule has 0 saturated carbocycles. The molecule has 6 nitrogen and oxygen atoms in total. The molecule has 148 valence electrons. The normalized spacial score (nSPS) is 11.5. The molecule has 0 aliphatic rings. The van der Waals surface area contributed by atoms with Crippen LogP contribution in [0.1, 0.15) is 29.2 Å². The van der Waals surface area contributed by atoms with Crippen LogP contribution in [0.2, 0.25) is 0 Å². The van der Waals surface area contributed by atoms with Gasteiger partial charge in [-0.2, -0.15) is 0 Å². The number of anilines is 1. The molecule has 0 saturated heterocycles. The van der Waals surface area contributed by atoms with E-state index >= 15 is 0 Å². The van der Waals surface area contributed by atoms with Gasteiger partial charge in [0.05, 0.1) is 11.0 Å². The van der Waals surface area contributed by atoms with Gasteiger partial charge in [0, 0.05) is 19.0 Å². The van der Waals surface area contributed by atoms with Crippen molar-refractivity contribution in [3.05, 3.63) is 106 Å². The molecule has 0 aliphatic carbocycles. The van der Waals surface area contributed by atoms with E-state index in [-0.39, 0.29) is 24.1 Å². The van der Waals surface area contributed by atoms with E-state index in [1.807, 2.05) is 61.5 Å². The number of amides is 1. The summed E-state index contributed by atoms with van der Waals surface area (Å²) in [7, 11) is 0. The van der Waals surface area contributed by atoms with Crippen molar-refractivity contribution in [3.8, 4) is 0 Å². The van der Waals surface area contributed by atoms with Crippen LogP contribution in [0.25, 0.3) is 0 Å².